The lowest BCUT2D eigenvalue weighted by Crippen LogP contribution is -2.30. The number of hydrogen-bond acceptors (Lipinski definition) is 5. The zero-order valence-corrected chi connectivity index (χ0v) is 15.0. The number of nitrogens with zero attached hydrogens (tertiary/aromatic N) is 3. The number of thiophene rings is 1. The lowest BCUT2D eigenvalue weighted by atomic mass is 10.1. The van der Waals surface area contributed by atoms with Crippen molar-refractivity contribution < 1.29 is 4.79 Å². The molecular formula is C18H18N4O2S. The van der Waals surface area contributed by atoms with Crippen LogP contribution in [0.25, 0.3) is 10.8 Å². The largest absolute Gasteiger partial charge is 0.292 e. The van der Waals surface area contributed by atoms with E-state index in [4.69, 9.17) is 0 Å². The first-order valence-electron chi connectivity index (χ1n) is 7.89. The molecule has 6 nitrogen and oxygen atoms in total. The number of carbonyl (C=O) groups excluding carboxylic acids is 1. The van der Waals surface area contributed by atoms with Crippen molar-refractivity contribution in [2.45, 2.75) is 26.8 Å². The van der Waals surface area contributed by atoms with E-state index in [0.717, 1.165) is 4.88 Å². The molecule has 0 atom stereocenters. The molecular weight excluding hydrogens is 336 g/mol. The number of hydrazone groups is 1. The molecule has 0 unspecified atom stereocenters. The third-order valence-corrected chi connectivity index (χ3v) is 4.71. The SMILES string of the molecule is C/C(=N\NC(=O)c1nn(C(C)C)c(=O)c2ccccc12)c1cccs1. The highest BCUT2D eigenvalue weighted by atomic mass is 32.1. The van der Waals surface area contributed by atoms with Crippen LogP contribution >= 0.6 is 11.3 Å². The van der Waals surface area contributed by atoms with Crippen LogP contribution in [0.15, 0.2) is 51.7 Å². The van der Waals surface area contributed by atoms with Gasteiger partial charge in [0.25, 0.3) is 11.5 Å². The molecule has 0 saturated carbocycles. The third-order valence-electron chi connectivity index (χ3n) is 3.74. The summed E-state index contributed by atoms with van der Waals surface area (Å²) < 4.78 is 1.33. The van der Waals surface area contributed by atoms with Gasteiger partial charge in [-0.2, -0.15) is 10.2 Å². The quantitative estimate of drug-likeness (QED) is 0.577. The first-order valence-corrected chi connectivity index (χ1v) is 8.77. The molecule has 0 saturated heterocycles. The van der Waals surface area contributed by atoms with Gasteiger partial charge in [0.1, 0.15) is 0 Å². The van der Waals surface area contributed by atoms with Crippen LogP contribution in [0.1, 0.15) is 42.2 Å². The van der Waals surface area contributed by atoms with Crippen molar-refractivity contribution in [3.05, 3.63) is 62.7 Å². The van der Waals surface area contributed by atoms with Crippen LogP contribution < -0.4 is 11.0 Å². The zero-order chi connectivity index (χ0) is 18.0. The summed E-state index contributed by atoms with van der Waals surface area (Å²) in [4.78, 5) is 26.1. The molecule has 2 aromatic heterocycles. The zero-order valence-electron chi connectivity index (χ0n) is 14.2. The molecule has 0 aliphatic carbocycles. The maximum Gasteiger partial charge on any atom is 0.292 e. The highest BCUT2D eigenvalue weighted by molar-refractivity contribution is 7.12. The van der Waals surface area contributed by atoms with Gasteiger partial charge in [0.05, 0.1) is 17.1 Å². The molecule has 128 valence electrons. The average molecular weight is 354 g/mol. The van der Waals surface area contributed by atoms with Crippen molar-refractivity contribution >= 4 is 33.7 Å². The van der Waals surface area contributed by atoms with E-state index in [9.17, 15) is 9.59 Å². The van der Waals surface area contributed by atoms with E-state index in [1.165, 1.54) is 4.68 Å². The Kier molecular flexibility index (Phi) is 4.76. The Hall–Kier alpha value is -2.80. The van der Waals surface area contributed by atoms with Crippen molar-refractivity contribution in [1.29, 1.82) is 0 Å². The van der Waals surface area contributed by atoms with Gasteiger partial charge in [0.15, 0.2) is 5.69 Å². The minimum absolute atomic E-state index is 0.153. The smallest absolute Gasteiger partial charge is 0.267 e. The summed E-state index contributed by atoms with van der Waals surface area (Å²) in [5.41, 5.74) is 3.23. The molecule has 0 aliphatic rings. The van der Waals surface area contributed by atoms with Gasteiger partial charge in [0, 0.05) is 10.3 Å². The van der Waals surface area contributed by atoms with Crippen LogP contribution in [0.2, 0.25) is 0 Å². The van der Waals surface area contributed by atoms with Crippen molar-refractivity contribution in [3.63, 3.8) is 0 Å². The highest BCUT2D eigenvalue weighted by Crippen LogP contribution is 2.15. The van der Waals surface area contributed by atoms with E-state index in [-0.39, 0.29) is 17.3 Å². The maximum absolute atomic E-state index is 12.6. The molecule has 0 bridgehead atoms. The predicted molar refractivity (Wildman–Crippen MR) is 100 cm³/mol. The molecule has 3 aromatic rings. The number of hydrogen-bond donors (Lipinski definition) is 1. The van der Waals surface area contributed by atoms with Crippen LogP contribution in [0, 0.1) is 0 Å². The second-order valence-corrected chi connectivity index (χ2v) is 6.80. The van der Waals surface area contributed by atoms with Crippen LogP contribution in [-0.2, 0) is 0 Å². The summed E-state index contributed by atoms with van der Waals surface area (Å²) in [6.07, 6.45) is 0. The van der Waals surface area contributed by atoms with E-state index in [1.54, 1.807) is 35.6 Å². The summed E-state index contributed by atoms with van der Waals surface area (Å²) in [5.74, 6) is -0.443. The Balaban J connectivity index is 2.03. The monoisotopic (exact) mass is 354 g/mol. The number of nitrogens with one attached hydrogen (secondary N) is 1. The van der Waals surface area contributed by atoms with Gasteiger partial charge in [-0.3, -0.25) is 9.59 Å². The van der Waals surface area contributed by atoms with Gasteiger partial charge in [-0.15, -0.1) is 11.3 Å². The second-order valence-electron chi connectivity index (χ2n) is 5.85. The summed E-state index contributed by atoms with van der Waals surface area (Å²) in [6.45, 7) is 5.53. The summed E-state index contributed by atoms with van der Waals surface area (Å²) in [7, 11) is 0. The van der Waals surface area contributed by atoms with E-state index >= 15 is 0 Å². The molecule has 3 rings (SSSR count). The average Bonchev–Trinajstić information content (AvgIpc) is 3.14. The standard InChI is InChI=1S/C18H18N4O2S/c1-11(2)22-18(24)14-8-5-4-7-13(14)16(21-22)17(23)20-19-12(3)15-9-6-10-25-15/h4-11H,1-3H3,(H,20,23)/b19-12+. The van der Waals surface area contributed by atoms with Gasteiger partial charge < -0.3 is 0 Å². The Morgan fingerprint density at radius 2 is 1.92 bits per heavy atom. The Bertz CT molecular complexity index is 1000. The number of rotatable bonds is 4. The summed E-state index contributed by atoms with van der Waals surface area (Å²) in [5, 5.41) is 11.3. The molecule has 7 heteroatoms. The van der Waals surface area contributed by atoms with Gasteiger partial charge in [-0.25, -0.2) is 10.1 Å². The first-order chi connectivity index (χ1) is 12.0. The Labute approximate surface area is 148 Å². The molecule has 0 aliphatic heterocycles. The number of amides is 1. The summed E-state index contributed by atoms with van der Waals surface area (Å²) in [6, 6.07) is 10.7. The lowest BCUT2D eigenvalue weighted by molar-refractivity contribution is 0.0949. The first kappa shape index (κ1) is 17.0. The van der Waals surface area contributed by atoms with Gasteiger partial charge in [-0.1, -0.05) is 24.3 Å². The van der Waals surface area contributed by atoms with E-state index in [1.807, 2.05) is 38.3 Å². The van der Waals surface area contributed by atoms with Crippen molar-refractivity contribution in [1.82, 2.24) is 15.2 Å². The van der Waals surface area contributed by atoms with Gasteiger partial charge in [0.2, 0.25) is 0 Å². The van der Waals surface area contributed by atoms with Gasteiger partial charge in [-0.05, 0) is 38.3 Å². The van der Waals surface area contributed by atoms with E-state index in [0.29, 0.717) is 16.5 Å². The molecule has 2 heterocycles. The predicted octanol–water partition coefficient (Wildman–Crippen LogP) is 3.19. The summed E-state index contributed by atoms with van der Waals surface area (Å²) >= 11 is 1.55. The van der Waals surface area contributed by atoms with Crippen LogP contribution in [-0.4, -0.2) is 21.4 Å². The molecule has 0 spiro atoms. The van der Waals surface area contributed by atoms with Gasteiger partial charge >= 0.3 is 0 Å². The normalized spacial score (nSPS) is 11.9. The van der Waals surface area contributed by atoms with Crippen molar-refractivity contribution in [3.8, 4) is 0 Å². The van der Waals surface area contributed by atoms with E-state index in [2.05, 4.69) is 15.6 Å². The third kappa shape index (κ3) is 3.36. The number of fused-ring (bicyclic) bond motifs is 1. The number of carbonyl (C=O) groups is 1. The lowest BCUT2D eigenvalue weighted by Gasteiger charge is -2.12. The molecule has 25 heavy (non-hydrogen) atoms. The minimum atomic E-state index is -0.443. The molecule has 1 amide bonds. The number of benzene rings is 1. The topological polar surface area (TPSA) is 76.3 Å². The number of aromatic nitrogens is 2. The van der Waals surface area contributed by atoms with Crippen LogP contribution in [0.5, 0.6) is 0 Å². The molecule has 1 N–H and O–H groups in total. The fourth-order valence-corrected chi connectivity index (χ4v) is 3.13. The van der Waals surface area contributed by atoms with Crippen LogP contribution in [0.3, 0.4) is 0 Å². The second kappa shape index (κ2) is 6.98. The fourth-order valence-electron chi connectivity index (χ4n) is 2.45. The molecule has 0 fully saturated rings. The Morgan fingerprint density at radius 3 is 2.56 bits per heavy atom. The fraction of sp³-hybridized carbons (Fsp3) is 0.222. The van der Waals surface area contributed by atoms with Crippen molar-refractivity contribution in [2.75, 3.05) is 0 Å². The molecule has 0 radical (unpaired) electrons. The van der Waals surface area contributed by atoms with Crippen molar-refractivity contribution in [2.24, 2.45) is 5.10 Å². The molecule has 1 aromatic carbocycles. The Morgan fingerprint density at radius 1 is 1.20 bits per heavy atom. The minimum Gasteiger partial charge on any atom is -0.267 e. The maximum atomic E-state index is 12.6. The highest BCUT2D eigenvalue weighted by Gasteiger charge is 2.17. The van der Waals surface area contributed by atoms with E-state index < -0.39 is 5.91 Å². The van der Waals surface area contributed by atoms with Crippen LogP contribution in [0.4, 0.5) is 0 Å².